The second-order valence-electron chi connectivity index (χ2n) is 4.19. The van der Waals surface area contributed by atoms with Gasteiger partial charge < -0.3 is 9.64 Å². The van der Waals surface area contributed by atoms with Crippen LogP contribution in [0.25, 0.3) is 0 Å². The van der Waals surface area contributed by atoms with Crippen LogP contribution < -0.4 is 4.74 Å². The van der Waals surface area contributed by atoms with Gasteiger partial charge >= 0.3 is 0 Å². The zero-order valence-corrected chi connectivity index (χ0v) is 11.6. The van der Waals surface area contributed by atoms with Gasteiger partial charge in [0.15, 0.2) is 12.4 Å². The molecule has 1 amide bonds. The first-order valence-corrected chi connectivity index (χ1v) is 6.03. The molecule has 0 bridgehead atoms. The first kappa shape index (κ1) is 15.6. The highest BCUT2D eigenvalue weighted by atomic mass is 16.6. The monoisotopic (exact) mass is 280 g/mol. The van der Waals surface area contributed by atoms with Crippen LogP contribution in [0, 0.1) is 10.1 Å². The van der Waals surface area contributed by atoms with Crippen LogP contribution in [0.1, 0.15) is 24.2 Å². The number of nitrogens with zero attached hydrogens (tertiary/aromatic N) is 2. The minimum atomic E-state index is -0.591. The fourth-order valence-electron chi connectivity index (χ4n) is 1.46. The molecule has 108 valence electrons. The zero-order chi connectivity index (χ0) is 15.3. The van der Waals surface area contributed by atoms with Crippen LogP contribution in [0.15, 0.2) is 18.2 Å². The number of likely N-dealkylation sites (N-methyl/N-ethyl adjacent to an activating group) is 1. The molecule has 0 aliphatic heterocycles. The van der Waals surface area contributed by atoms with Gasteiger partial charge in [-0.1, -0.05) is 0 Å². The molecule has 1 aromatic carbocycles. The van der Waals surface area contributed by atoms with Crippen LogP contribution >= 0.6 is 0 Å². The molecule has 0 heterocycles. The predicted molar refractivity (Wildman–Crippen MR) is 71.9 cm³/mol. The van der Waals surface area contributed by atoms with Crippen LogP contribution in [0.5, 0.6) is 5.75 Å². The number of carbonyl (C=O) groups is 2. The van der Waals surface area contributed by atoms with Crippen molar-refractivity contribution in [2.24, 2.45) is 0 Å². The Kier molecular flexibility index (Phi) is 5.19. The van der Waals surface area contributed by atoms with E-state index in [1.165, 1.54) is 24.0 Å². The van der Waals surface area contributed by atoms with E-state index in [0.29, 0.717) is 6.54 Å². The lowest BCUT2D eigenvalue weighted by Gasteiger charge is -2.15. The van der Waals surface area contributed by atoms with Crippen molar-refractivity contribution in [2.45, 2.75) is 13.8 Å². The van der Waals surface area contributed by atoms with Crippen LogP contribution in [0.2, 0.25) is 0 Å². The molecule has 7 heteroatoms. The minimum absolute atomic E-state index is 0.0890. The molecule has 0 aliphatic rings. The number of amides is 1. The molecule has 0 aliphatic carbocycles. The van der Waals surface area contributed by atoms with Gasteiger partial charge in [0.25, 0.3) is 11.6 Å². The van der Waals surface area contributed by atoms with Gasteiger partial charge in [-0.25, -0.2) is 0 Å². The Labute approximate surface area is 116 Å². The van der Waals surface area contributed by atoms with E-state index in [2.05, 4.69) is 0 Å². The van der Waals surface area contributed by atoms with Gasteiger partial charge in [-0.2, -0.15) is 0 Å². The Morgan fingerprint density at radius 3 is 2.55 bits per heavy atom. The van der Waals surface area contributed by atoms with Crippen molar-refractivity contribution < 1.29 is 19.2 Å². The van der Waals surface area contributed by atoms with E-state index in [9.17, 15) is 19.7 Å². The Balaban J connectivity index is 2.92. The Bertz CT molecular complexity index is 542. The number of hydrogen-bond donors (Lipinski definition) is 0. The van der Waals surface area contributed by atoms with Gasteiger partial charge in [-0.05, 0) is 19.9 Å². The Hall–Kier alpha value is -2.44. The molecule has 0 saturated heterocycles. The number of non-ortho nitro benzene ring substituents is 1. The summed E-state index contributed by atoms with van der Waals surface area (Å²) in [5.41, 5.74) is -0.106. The maximum Gasteiger partial charge on any atom is 0.270 e. The lowest BCUT2D eigenvalue weighted by Crippen LogP contribution is -2.31. The number of nitro groups is 1. The molecule has 0 aromatic heterocycles. The first-order chi connectivity index (χ1) is 9.36. The lowest BCUT2D eigenvalue weighted by atomic mass is 10.1. The minimum Gasteiger partial charge on any atom is -0.483 e. The number of nitro benzene ring substituents is 1. The van der Waals surface area contributed by atoms with E-state index in [0.717, 1.165) is 6.07 Å². The summed E-state index contributed by atoms with van der Waals surface area (Å²) in [6.45, 7) is 3.43. The van der Waals surface area contributed by atoms with E-state index in [-0.39, 0.29) is 35.3 Å². The summed E-state index contributed by atoms with van der Waals surface area (Å²) in [5, 5.41) is 10.7. The van der Waals surface area contributed by atoms with Crippen LogP contribution in [-0.4, -0.2) is 41.7 Å². The summed E-state index contributed by atoms with van der Waals surface area (Å²) < 4.78 is 5.28. The van der Waals surface area contributed by atoms with Gasteiger partial charge in [-0.15, -0.1) is 0 Å². The highest BCUT2D eigenvalue weighted by Crippen LogP contribution is 2.24. The Morgan fingerprint density at radius 2 is 2.05 bits per heavy atom. The largest absolute Gasteiger partial charge is 0.483 e. The van der Waals surface area contributed by atoms with Gasteiger partial charge in [0.2, 0.25) is 0 Å². The molecule has 0 N–H and O–H groups in total. The van der Waals surface area contributed by atoms with Crippen LogP contribution in [0.4, 0.5) is 5.69 Å². The van der Waals surface area contributed by atoms with E-state index in [1.807, 2.05) is 6.92 Å². The summed E-state index contributed by atoms with van der Waals surface area (Å²) in [7, 11) is 1.63. The average molecular weight is 280 g/mol. The number of rotatable bonds is 6. The second-order valence-corrected chi connectivity index (χ2v) is 4.19. The van der Waals surface area contributed by atoms with Gasteiger partial charge in [0, 0.05) is 25.7 Å². The number of ether oxygens (including phenoxy) is 1. The number of carbonyl (C=O) groups excluding carboxylic acids is 2. The van der Waals surface area contributed by atoms with E-state index < -0.39 is 4.92 Å². The third kappa shape index (κ3) is 3.78. The molecule has 0 radical (unpaired) electrons. The van der Waals surface area contributed by atoms with Crippen molar-refractivity contribution in [2.75, 3.05) is 20.2 Å². The molecule has 0 saturated carbocycles. The molecule has 20 heavy (non-hydrogen) atoms. The van der Waals surface area contributed by atoms with Crippen molar-refractivity contribution >= 4 is 17.4 Å². The van der Waals surface area contributed by atoms with E-state index in [4.69, 9.17) is 4.74 Å². The molecule has 7 nitrogen and oxygen atoms in total. The molecule has 0 spiro atoms. The third-order valence-electron chi connectivity index (χ3n) is 2.80. The maximum absolute atomic E-state index is 11.6. The standard InChI is InChI=1S/C13H16N2O5/c1-4-14(3)13(17)8-20-12-6-5-10(15(18)19)7-11(12)9(2)16/h5-7H,4,8H2,1-3H3. The molecular weight excluding hydrogens is 264 g/mol. The quantitative estimate of drug-likeness (QED) is 0.449. The summed E-state index contributed by atoms with van der Waals surface area (Å²) in [6, 6.07) is 3.70. The van der Waals surface area contributed by atoms with Crippen molar-refractivity contribution in [1.82, 2.24) is 4.90 Å². The molecule has 1 rings (SSSR count). The highest BCUT2D eigenvalue weighted by molar-refractivity contribution is 5.97. The summed E-state index contributed by atoms with van der Waals surface area (Å²) in [4.78, 5) is 34.6. The summed E-state index contributed by atoms with van der Waals surface area (Å²) in [5.74, 6) is -0.429. The summed E-state index contributed by atoms with van der Waals surface area (Å²) >= 11 is 0. The normalized spacial score (nSPS) is 9.95. The fraction of sp³-hybridized carbons (Fsp3) is 0.385. The predicted octanol–water partition coefficient (Wildman–Crippen LogP) is 1.65. The molecular formula is C13H16N2O5. The number of ketones is 1. The van der Waals surface area contributed by atoms with Crippen LogP contribution in [0.3, 0.4) is 0 Å². The van der Waals surface area contributed by atoms with E-state index in [1.54, 1.807) is 7.05 Å². The smallest absolute Gasteiger partial charge is 0.270 e. The zero-order valence-electron chi connectivity index (χ0n) is 11.6. The molecule has 0 atom stereocenters. The molecule has 1 aromatic rings. The van der Waals surface area contributed by atoms with Crippen molar-refractivity contribution in [3.63, 3.8) is 0 Å². The third-order valence-corrected chi connectivity index (χ3v) is 2.80. The molecule has 0 unspecified atom stereocenters. The molecule has 0 fully saturated rings. The Morgan fingerprint density at radius 1 is 1.40 bits per heavy atom. The first-order valence-electron chi connectivity index (χ1n) is 6.03. The van der Waals surface area contributed by atoms with Crippen LogP contribution in [-0.2, 0) is 4.79 Å². The topological polar surface area (TPSA) is 89.8 Å². The van der Waals surface area contributed by atoms with Gasteiger partial charge in [0.05, 0.1) is 10.5 Å². The van der Waals surface area contributed by atoms with Crippen molar-refractivity contribution in [3.8, 4) is 5.75 Å². The van der Waals surface area contributed by atoms with Gasteiger partial charge in [0.1, 0.15) is 5.75 Å². The van der Waals surface area contributed by atoms with Gasteiger partial charge in [-0.3, -0.25) is 19.7 Å². The van der Waals surface area contributed by atoms with E-state index >= 15 is 0 Å². The van der Waals surface area contributed by atoms with Crippen molar-refractivity contribution in [1.29, 1.82) is 0 Å². The number of hydrogen-bond acceptors (Lipinski definition) is 5. The second kappa shape index (κ2) is 6.65. The number of benzene rings is 1. The number of Topliss-reactive ketones (excluding diaryl/α,β-unsaturated/α-hetero) is 1. The van der Waals surface area contributed by atoms with Crippen molar-refractivity contribution in [3.05, 3.63) is 33.9 Å². The maximum atomic E-state index is 11.6. The average Bonchev–Trinajstić information content (AvgIpc) is 2.43. The lowest BCUT2D eigenvalue weighted by molar-refractivity contribution is -0.384. The summed E-state index contributed by atoms with van der Waals surface area (Å²) in [6.07, 6.45) is 0. The highest BCUT2D eigenvalue weighted by Gasteiger charge is 2.16. The SMILES string of the molecule is CCN(C)C(=O)COc1ccc([N+](=O)[O-])cc1C(C)=O. The fourth-order valence-corrected chi connectivity index (χ4v) is 1.46.